The lowest BCUT2D eigenvalue weighted by molar-refractivity contribution is 0.0942. The fraction of sp³-hybridized carbons (Fsp3) is 0.500. The SMILES string of the molecule is CCC(CC)CNC(=O)c1cc(N)cc(C)c1F. The second-order valence-corrected chi connectivity index (χ2v) is 4.59. The Morgan fingerprint density at radius 1 is 1.39 bits per heavy atom. The fourth-order valence-corrected chi connectivity index (χ4v) is 1.87. The third-order valence-corrected chi connectivity index (χ3v) is 3.23. The minimum Gasteiger partial charge on any atom is -0.399 e. The average molecular weight is 252 g/mol. The molecule has 0 bridgehead atoms. The van der Waals surface area contributed by atoms with Gasteiger partial charge >= 0.3 is 0 Å². The maximum Gasteiger partial charge on any atom is 0.254 e. The van der Waals surface area contributed by atoms with E-state index < -0.39 is 11.7 Å². The Kier molecular flexibility index (Phi) is 5.13. The zero-order chi connectivity index (χ0) is 13.7. The van der Waals surface area contributed by atoms with Gasteiger partial charge in [0.2, 0.25) is 0 Å². The van der Waals surface area contributed by atoms with Gasteiger partial charge in [-0.2, -0.15) is 0 Å². The molecule has 0 saturated heterocycles. The van der Waals surface area contributed by atoms with Gasteiger partial charge in [-0.1, -0.05) is 26.7 Å². The monoisotopic (exact) mass is 252 g/mol. The van der Waals surface area contributed by atoms with Crippen molar-refractivity contribution in [3.63, 3.8) is 0 Å². The Morgan fingerprint density at radius 2 is 2.00 bits per heavy atom. The molecule has 1 aromatic carbocycles. The molecule has 0 aromatic heterocycles. The molecule has 1 aromatic rings. The molecule has 1 amide bonds. The van der Waals surface area contributed by atoms with E-state index in [1.165, 1.54) is 12.1 Å². The Balaban J connectivity index is 2.78. The molecule has 18 heavy (non-hydrogen) atoms. The molecule has 0 saturated carbocycles. The van der Waals surface area contributed by atoms with Crippen LogP contribution in [0.25, 0.3) is 0 Å². The Labute approximate surface area is 108 Å². The Hall–Kier alpha value is -1.58. The fourth-order valence-electron chi connectivity index (χ4n) is 1.87. The molecule has 0 atom stereocenters. The van der Waals surface area contributed by atoms with Crippen molar-refractivity contribution in [2.45, 2.75) is 33.6 Å². The number of carbonyl (C=O) groups excluding carboxylic acids is 1. The average Bonchev–Trinajstić information content (AvgIpc) is 2.34. The van der Waals surface area contributed by atoms with Gasteiger partial charge in [-0.15, -0.1) is 0 Å². The predicted octanol–water partition coefficient (Wildman–Crippen LogP) is 2.88. The summed E-state index contributed by atoms with van der Waals surface area (Å²) in [6.45, 7) is 6.32. The maximum absolute atomic E-state index is 13.8. The van der Waals surface area contributed by atoms with Gasteiger partial charge < -0.3 is 11.1 Å². The van der Waals surface area contributed by atoms with E-state index >= 15 is 0 Å². The molecule has 0 radical (unpaired) electrons. The van der Waals surface area contributed by atoms with Crippen molar-refractivity contribution in [1.82, 2.24) is 5.32 Å². The van der Waals surface area contributed by atoms with E-state index in [1.54, 1.807) is 6.92 Å². The zero-order valence-corrected chi connectivity index (χ0v) is 11.2. The van der Waals surface area contributed by atoms with Gasteiger partial charge in [-0.25, -0.2) is 4.39 Å². The van der Waals surface area contributed by atoms with E-state index in [1.807, 2.05) is 0 Å². The molecule has 0 spiro atoms. The van der Waals surface area contributed by atoms with Crippen molar-refractivity contribution >= 4 is 11.6 Å². The number of aryl methyl sites for hydroxylation is 1. The highest BCUT2D eigenvalue weighted by Gasteiger charge is 2.15. The van der Waals surface area contributed by atoms with Gasteiger partial charge in [0.05, 0.1) is 5.56 Å². The molecule has 3 nitrogen and oxygen atoms in total. The van der Waals surface area contributed by atoms with Gasteiger partial charge in [0, 0.05) is 12.2 Å². The number of hydrogen-bond acceptors (Lipinski definition) is 2. The summed E-state index contributed by atoms with van der Waals surface area (Å²) in [5.41, 5.74) is 6.45. The molecule has 0 fully saturated rings. The Morgan fingerprint density at radius 3 is 2.56 bits per heavy atom. The van der Waals surface area contributed by atoms with Crippen LogP contribution < -0.4 is 11.1 Å². The summed E-state index contributed by atoms with van der Waals surface area (Å²) < 4.78 is 13.8. The van der Waals surface area contributed by atoms with Gasteiger partial charge in [0.15, 0.2) is 0 Å². The first-order valence-corrected chi connectivity index (χ1v) is 6.33. The topological polar surface area (TPSA) is 55.1 Å². The maximum atomic E-state index is 13.8. The summed E-state index contributed by atoms with van der Waals surface area (Å²) in [5, 5.41) is 2.76. The number of rotatable bonds is 5. The minimum atomic E-state index is -0.494. The molecule has 4 heteroatoms. The van der Waals surface area contributed by atoms with Crippen LogP contribution >= 0.6 is 0 Å². The third-order valence-electron chi connectivity index (χ3n) is 3.23. The lowest BCUT2D eigenvalue weighted by atomic mass is 10.0. The van der Waals surface area contributed by atoms with Gasteiger partial charge in [-0.3, -0.25) is 4.79 Å². The number of carbonyl (C=O) groups is 1. The first kappa shape index (κ1) is 14.5. The quantitative estimate of drug-likeness (QED) is 0.792. The van der Waals surface area contributed by atoms with E-state index in [0.717, 1.165) is 12.8 Å². The van der Waals surface area contributed by atoms with Crippen molar-refractivity contribution < 1.29 is 9.18 Å². The van der Waals surface area contributed by atoms with Gasteiger partial charge in [0.1, 0.15) is 5.82 Å². The first-order chi connectivity index (χ1) is 8.49. The molecule has 0 aliphatic carbocycles. The molecular weight excluding hydrogens is 231 g/mol. The predicted molar refractivity (Wildman–Crippen MR) is 72.0 cm³/mol. The van der Waals surface area contributed by atoms with Crippen LogP contribution in [-0.2, 0) is 0 Å². The second-order valence-electron chi connectivity index (χ2n) is 4.59. The number of anilines is 1. The van der Waals surface area contributed by atoms with E-state index in [4.69, 9.17) is 5.73 Å². The van der Waals surface area contributed by atoms with Gasteiger partial charge in [0.25, 0.3) is 5.91 Å². The standard InChI is InChI=1S/C14H21FN2O/c1-4-10(5-2)8-17-14(18)12-7-11(16)6-9(3)13(12)15/h6-7,10H,4-5,8,16H2,1-3H3,(H,17,18). The summed E-state index contributed by atoms with van der Waals surface area (Å²) >= 11 is 0. The van der Waals surface area contributed by atoms with Crippen LogP contribution in [0.15, 0.2) is 12.1 Å². The third kappa shape index (κ3) is 3.45. The van der Waals surface area contributed by atoms with E-state index in [0.29, 0.717) is 23.7 Å². The summed E-state index contributed by atoms with van der Waals surface area (Å²) in [5.74, 6) is -0.458. The van der Waals surface area contributed by atoms with Crippen molar-refractivity contribution in [3.05, 3.63) is 29.1 Å². The number of nitrogen functional groups attached to an aromatic ring is 1. The first-order valence-electron chi connectivity index (χ1n) is 6.33. The summed E-state index contributed by atoms with van der Waals surface area (Å²) in [6, 6.07) is 2.90. The highest BCUT2D eigenvalue weighted by Crippen LogP contribution is 2.17. The molecule has 1 rings (SSSR count). The zero-order valence-electron chi connectivity index (χ0n) is 11.2. The van der Waals surface area contributed by atoms with Crippen LogP contribution in [0, 0.1) is 18.7 Å². The van der Waals surface area contributed by atoms with Crippen LogP contribution in [0.1, 0.15) is 42.6 Å². The van der Waals surface area contributed by atoms with E-state index in [2.05, 4.69) is 19.2 Å². The highest BCUT2D eigenvalue weighted by atomic mass is 19.1. The molecule has 0 heterocycles. The Bertz CT molecular complexity index is 428. The van der Waals surface area contributed by atoms with Crippen molar-refractivity contribution in [1.29, 1.82) is 0 Å². The van der Waals surface area contributed by atoms with Crippen LogP contribution in [0.2, 0.25) is 0 Å². The number of nitrogens with one attached hydrogen (secondary N) is 1. The minimum absolute atomic E-state index is 0.0263. The van der Waals surface area contributed by atoms with Crippen molar-refractivity contribution in [2.24, 2.45) is 5.92 Å². The van der Waals surface area contributed by atoms with Crippen LogP contribution in [0.5, 0.6) is 0 Å². The van der Waals surface area contributed by atoms with Crippen LogP contribution in [0.4, 0.5) is 10.1 Å². The normalized spacial score (nSPS) is 10.7. The molecular formula is C14H21FN2O. The number of nitrogens with two attached hydrogens (primary N) is 1. The van der Waals surface area contributed by atoms with Crippen molar-refractivity contribution in [2.75, 3.05) is 12.3 Å². The lowest BCUT2D eigenvalue weighted by Crippen LogP contribution is -2.29. The summed E-state index contributed by atoms with van der Waals surface area (Å²) in [7, 11) is 0. The molecule has 0 unspecified atom stereocenters. The molecule has 100 valence electrons. The van der Waals surface area contributed by atoms with Crippen LogP contribution in [0.3, 0.4) is 0 Å². The highest BCUT2D eigenvalue weighted by molar-refractivity contribution is 5.95. The molecule has 0 aliphatic rings. The smallest absolute Gasteiger partial charge is 0.254 e. The number of amides is 1. The van der Waals surface area contributed by atoms with Gasteiger partial charge in [-0.05, 0) is 30.5 Å². The number of hydrogen-bond donors (Lipinski definition) is 2. The van der Waals surface area contributed by atoms with E-state index in [-0.39, 0.29) is 5.56 Å². The number of halogens is 1. The molecule has 0 aliphatic heterocycles. The lowest BCUT2D eigenvalue weighted by Gasteiger charge is -2.14. The van der Waals surface area contributed by atoms with Crippen molar-refractivity contribution in [3.8, 4) is 0 Å². The van der Waals surface area contributed by atoms with Crippen LogP contribution in [-0.4, -0.2) is 12.5 Å². The summed E-state index contributed by atoms with van der Waals surface area (Å²) in [6.07, 6.45) is 1.99. The number of benzene rings is 1. The second kappa shape index (κ2) is 6.38. The largest absolute Gasteiger partial charge is 0.399 e. The van der Waals surface area contributed by atoms with E-state index in [9.17, 15) is 9.18 Å². The molecule has 3 N–H and O–H groups in total. The summed E-state index contributed by atoms with van der Waals surface area (Å²) in [4.78, 5) is 11.9.